The lowest BCUT2D eigenvalue weighted by Crippen LogP contribution is -2.41. The lowest BCUT2D eigenvalue weighted by molar-refractivity contribution is -0.0189. The summed E-state index contributed by atoms with van der Waals surface area (Å²) in [5, 5.41) is 3.43. The molecule has 2 fully saturated rings. The standard InChI is InChI=1S/C13H25NO/c1-11-7-8-14-9-13(11)15-10-12-5-3-2-4-6-12/h11-14H,2-10H2,1H3. The second-order valence-corrected chi connectivity index (χ2v) is 5.35. The van der Waals surface area contributed by atoms with Gasteiger partial charge in [0.2, 0.25) is 0 Å². The predicted molar refractivity (Wildman–Crippen MR) is 63.0 cm³/mol. The fourth-order valence-electron chi connectivity index (χ4n) is 2.80. The van der Waals surface area contributed by atoms with Gasteiger partial charge in [0, 0.05) is 13.2 Å². The van der Waals surface area contributed by atoms with E-state index in [0.29, 0.717) is 6.10 Å². The monoisotopic (exact) mass is 211 g/mol. The molecule has 2 unspecified atom stereocenters. The fraction of sp³-hybridized carbons (Fsp3) is 1.00. The molecule has 2 nitrogen and oxygen atoms in total. The van der Waals surface area contributed by atoms with Crippen molar-refractivity contribution in [1.29, 1.82) is 0 Å². The summed E-state index contributed by atoms with van der Waals surface area (Å²) in [6, 6.07) is 0. The van der Waals surface area contributed by atoms with Crippen LogP contribution in [0.2, 0.25) is 0 Å². The van der Waals surface area contributed by atoms with Crippen molar-refractivity contribution in [2.45, 2.75) is 51.6 Å². The molecule has 0 bridgehead atoms. The van der Waals surface area contributed by atoms with Crippen molar-refractivity contribution >= 4 is 0 Å². The molecular weight excluding hydrogens is 186 g/mol. The van der Waals surface area contributed by atoms with Gasteiger partial charge in [0.1, 0.15) is 0 Å². The van der Waals surface area contributed by atoms with Crippen molar-refractivity contribution in [3.8, 4) is 0 Å². The Labute approximate surface area is 93.8 Å². The Kier molecular flexibility index (Phi) is 4.45. The van der Waals surface area contributed by atoms with E-state index >= 15 is 0 Å². The number of hydrogen-bond donors (Lipinski definition) is 1. The molecule has 0 radical (unpaired) electrons. The van der Waals surface area contributed by atoms with Crippen LogP contribution < -0.4 is 5.32 Å². The third-order valence-corrected chi connectivity index (χ3v) is 4.03. The van der Waals surface area contributed by atoms with Crippen LogP contribution in [-0.4, -0.2) is 25.8 Å². The summed E-state index contributed by atoms with van der Waals surface area (Å²) in [6.07, 6.45) is 8.83. The van der Waals surface area contributed by atoms with E-state index in [4.69, 9.17) is 4.74 Å². The first kappa shape index (κ1) is 11.4. The predicted octanol–water partition coefficient (Wildman–Crippen LogP) is 2.58. The first-order chi connectivity index (χ1) is 7.36. The van der Waals surface area contributed by atoms with E-state index in [2.05, 4.69) is 12.2 Å². The average molecular weight is 211 g/mol. The fourth-order valence-corrected chi connectivity index (χ4v) is 2.80. The number of ether oxygens (including phenoxy) is 1. The molecule has 2 aliphatic rings. The van der Waals surface area contributed by atoms with Gasteiger partial charge in [0.15, 0.2) is 0 Å². The lowest BCUT2D eigenvalue weighted by atomic mass is 9.90. The molecule has 2 atom stereocenters. The normalized spacial score (nSPS) is 34.2. The Hall–Kier alpha value is -0.0800. The lowest BCUT2D eigenvalue weighted by Gasteiger charge is -2.31. The summed E-state index contributed by atoms with van der Waals surface area (Å²) < 4.78 is 6.07. The molecule has 1 N–H and O–H groups in total. The van der Waals surface area contributed by atoms with Crippen LogP contribution in [0.3, 0.4) is 0 Å². The Morgan fingerprint density at radius 3 is 2.67 bits per heavy atom. The van der Waals surface area contributed by atoms with Crippen LogP contribution in [0.25, 0.3) is 0 Å². The maximum Gasteiger partial charge on any atom is 0.0725 e. The van der Waals surface area contributed by atoms with E-state index < -0.39 is 0 Å². The van der Waals surface area contributed by atoms with Gasteiger partial charge in [-0.15, -0.1) is 0 Å². The van der Waals surface area contributed by atoms with E-state index in [1.165, 1.54) is 45.1 Å². The van der Waals surface area contributed by atoms with E-state index in [1.807, 2.05) is 0 Å². The Morgan fingerprint density at radius 1 is 1.13 bits per heavy atom. The molecule has 0 spiro atoms. The van der Waals surface area contributed by atoms with Gasteiger partial charge < -0.3 is 10.1 Å². The molecule has 0 aromatic heterocycles. The summed E-state index contributed by atoms with van der Waals surface area (Å²) in [6.45, 7) is 5.57. The van der Waals surface area contributed by atoms with Crippen molar-refractivity contribution < 1.29 is 4.74 Å². The minimum Gasteiger partial charge on any atom is -0.376 e. The first-order valence-electron chi connectivity index (χ1n) is 6.68. The largest absolute Gasteiger partial charge is 0.376 e. The highest BCUT2D eigenvalue weighted by Crippen LogP contribution is 2.25. The summed E-state index contributed by atoms with van der Waals surface area (Å²) in [5.41, 5.74) is 0. The van der Waals surface area contributed by atoms with Gasteiger partial charge >= 0.3 is 0 Å². The number of piperidine rings is 1. The van der Waals surface area contributed by atoms with Crippen molar-refractivity contribution in [2.75, 3.05) is 19.7 Å². The van der Waals surface area contributed by atoms with E-state index in [1.54, 1.807) is 0 Å². The molecule has 15 heavy (non-hydrogen) atoms. The van der Waals surface area contributed by atoms with Crippen molar-refractivity contribution in [2.24, 2.45) is 11.8 Å². The smallest absolute Gasteiger partial charge is 0.0725 e. The van der Waals surface area contributed by atoms with Crippen LogP contribution in [0.4, 0.5) is 0 Å². The molecule has 1 aliphatic carbocycles. The molecule has 0 amide bonds. The number of rotatable bonds is 3. The van der Waals surface area contributed by atoms with Crippen LogP contribution in [0.1, 0.15) is 45.4 Å². The Morgan fingerprint density at radius 2 is 1.93 bits per heavy atom. The van der Waals surface area contributed by atoms with E-state index in [-0.39, 0.29) is 0 Å². The Bertz CT molecular complexity index is 177. The molecule has 1 saturated carbocycles. The van der Waals surface area contributed by atoms with Crippen LogP contribution in [-0.2, 0) is 4.74 Å². The van der Waals surface area contributed by atoms with Crippen LogP contribution >= 0.6 is 0 Å². The zero-order chi connectivity index (χ0) is 10.5. The Balaban J connectivity index is 1.67. The van der Waals surface area contributed by atoms with Gasteiger partial charge in [-0.2, -0.15) is 0 Å². The van der Waals surface area contributed by atoms with Gasteiger partial charge in [-0.3, -0.25) is 0 Å². The van der Waals surface area contributed by atoms with E-state index in [0.717, 1.165) is 25.0 Å². The van der Waals surface area contributed by atoms with E-state index in [9.17, 15) is 0 Å². The topological polar surface area (TPSA) is 21.3 Å². The molecule has 88 valence electrons. The molecule has 2 heteroatoms. The first-order valence-corrected chi connectivity index (χ1v) is 6.68. The second-order valence-electron chi connectivity index (χ2n) is 5.35. The zero-order valence-electron chi connectivity index (χ0n) is 10.0. The third-order valence-electron chi connectivity index (χ3n) is 4.03. The van der Waals surface area contributed by atoms with Gasteiger partial charge in [0.05, 0.1) is 6.10 Å². The SMILES string of the molecule is CC1CCNCC1OCC1CCCCC1. The van der Waals surface area contributed by atoms with Gasteiger partial charge in [-0.1, -0.05) is 26.2 Å². The molecule has 2 rings (SSSR count). The van der Waals surface area contributed by atoms with Gasteiger partial charge in [-0.05, 0) is 37.6 Å². The molecule has 1 saturated heterocycles. The summed E-state index contributed by atoms with van der Waals surface area (Å²) >= 11 is 0. The van der Waals surface area contributed by atoms with Crippen molar-refractivity contribution in [1.82, 2.24) is 5.32 Å². The molecule has 0 aromatic rings. The minimum absolute atomic E-state index is 0.473. The van der Waals surface area contributed by atoms with Crippen LogP contribution in [0, 0.1) is 11.8 Å². The summed E-state index contributed by atoms with van der Waals surface area (Å²) in [5.74, 6) is 1.60. The van der Waals surface area contributed by atoms with Gasteiger partial charge in [-0.25, -0.2) is 0 Å². The second kappa shape index (κ2) is 5.86. The van der Waals surface area contributed by atoms with Crippen LogP contribution in [0.5, 0.6) is 0 Å². The molecule has 0 aromatic carbocycles. The third kappa shape index (κ3) is 3.46. The number of hydrogen-bond acceptors (Lipinski definition) is 2. The molecular formula is C13H25NO. The van der Waals surface area contributed by atoms with Gasteiger partial charge in [0.25, 0.3) is 0 Å². The highest BCUT2D eigenvalue weighted by atomic mass is 16.5. The molecule has 1 heterocycles. The molecule has 1 aliphatic heterocycles. The summed E-state index contributed by atoms with van der Waals surface area (Å²) in [7, 11) is 0. The van der Waals surface area contributed by atoms with Crippen molar-refractivity contribution in [3.05, 3.63) is 0 Å². The van der Waals surface area contributed by atoms with Crippen molar-refractivity contribution in [3.63, 3.8) is 0 Å². The summed E-state index contributed by atoms with van der Waals surface area (Å²) in [4.78, 5) is 0. The quantitative estimate of drug-likeness (QED) is 0.774. The maximum absolute atomic E-state index is 6.07. The zero-order valence-corrected chi connectivity index (χ0v) is 10.0. The minimum atomic E-state index is 0.473. The van der Waals surface area contributed by atoms with Crippen LogP contribution in [0.15, 0.2) is 0 Å². The highest BCUT2D eigenvalue weighted by molar-refractivity contribution is 4.76. The maximum atomic E-state index is 6.07. The average Bonchev–Trinajstić information content (AvgIpc) is 2.29. The number of nitrogens with one attached hydrogen (secondary N) is 1. The highest BCUT2D eigenvalue weighted by Gasteiger charge is 2.23.